The van der Waals surface area contributed by atoms with Gasteiger partial charge < -0.3 is 139 Å². The van der Waals surface area contributed by atoms with Gasteiger partial charge in [0.2, 0.25) is 70.9 Å². The molecule has 0 fully saturated rings. The summed E-state index contributed by atoms with van der Waals surface area (Å²) < 4.78 is 0. The third kappa shape index (κ3) is 32.7. The Balaban J connectivity index is 1.09. The molecule has 4 aromatic carbocycles. The summed E-state index contributed by atoms with van der Waals surface area (Å²) in [5.74, 6) is -12.5. The first-order valence-electron chi connectivity index (χ1n) is 43.7. The van der Waals surface area contributed by atoms with Crippen molar-refractivity contribution in [1.82, 2.24) is 105 Å². The molecule has 0 spiro atoms. The molecule has 43 nitrogen and oxygen atoms in total. The van der Waals surface area contributed by atoms with Crippen LogP contribution in [-0.4, -0.2) is 220 Å². The number of carbonyl (C=O) groups excluding carboxylic acids is 12. The highest BCUT2D eigenvalue weighted by Gasteiger charge is 2.39. The molecule has 11 atom stereocenters. The number of benzene rings is 4. The van der Waals surface area contributed by atoms with Gasteiger partial charge in [-0.25, -0.2) is 0 Å². The Bertz CT molecular complexity index is 5330. The summed E-state index contributed by atoms with van der Waals surface area (Å²) in [6.07, 6.45) is 6.12. The van der Waals surface area contributed by atoms with Crippen LogP contribution in [0.4, 0.5) is 0 Å². The molecular weight excluding hydrogens is 1680 g/mol. The zero-order valence-electron chi connectivity index (χ0n) is 74.3. The number of nitrogens with two attached hydrogens (primary N) is 6. The van der Waals surface area contributed by atoms with E-state index in [2.05, 4.69) is 105 Å². The lowest BCUT2D eigenvalue weighted by molar-refractivity contribution is -0.136. The molecule has 0 saturated carbocycles. The molecule has 0 aliphatic carbocycles. The molecule has 4 aromatic heterocycles. The van der Waals surface area contributed by atoms with Gasteiger partial charge in [0.15, 0.2) is 29.8 Å². The normalized spacial score (nSPS) is 13.8. The van der Waals surface area contributed by atoms with E-state index in [0.29, 0.717) is 44.1 Å². The highest BCUT2D eigenvalue weighted by atomic mass is 16.2. The molecule has 0 unspecified atom stereocenters. The Hall–Kier alpha value is -15.0. The second kappa shape index (κ2) is 50.5. The number of aromatic nitrogens is 4. The number of hydrogen-bond donors (Lipinski definition) is 31. The first-order valence-corrected chi connectivity index (χ1v) is 43.7. The van der Waals surface area contributed by atoms with Crippen molar-refractivity contribution in [2.45, 2.75) is 204 Å². The minimum Gasteiger partial charge on any atom is -0.370 e. The Labute approximate surface area is 757 Å². The third-order valence-corrected chi connectivity index (χ3v) is 21.8. The summed E-state index contributed by atoms with van der Waals surface area (Å²) >= 11 is 0. The number of para-hydroxylation sites is 4. The van der Waals surface area contributed by atoms with Crippen LogP contribution >= 0.6 is 0 Å². The fourth-order valence-electron chi connectivity index (χ4n) is 15.3. The van der Waals surface area contributed by atoms with E-state index in [4.69, 9.17) is 61.4 Å². The highest BCUT2D eigenvalue weighted by Crippen LogP contribution is 2.25. The first kappa shape index (κ1) is 101. The van der Waals surface area contributed by atoms with E-state index in [1.165, 1.54) is 6.92 Å². The number of primary amides is 1. The number of carbonyl (C=O) groups is 12. The average Bonchev–Trinajstić information content (AvgIpc) is 1.68. The number of fused-ring (bicyclic) bond motifs is 4. The summed E-state index contributed by atoms with van der Waals surface area (Å²) in [7, 11) is 0. The molecule has 0 bridgehead atoms. The number of amides is 12. The first-order chi connectivity index (χ1) is 62.5. The minimum absolute atomic E-state index is 0.00241. The molecule has 8 rings (SSSR count). The average molecular weight is 1810 g/mol. The number of H-pyrrole nitrogens is 4. The van der Waals surface area contributed by atoms with Crippen LogP contribution in [0.15, 0.2) is 122 Å². The van der Waals surface area contributed by atoms with Crippen molar-refractivity contribution in [2.75, 3.05) is 32.7 Å². The van der Waals surface area contributed by atoms with Gasteiger partial charge in [-0.15, -0.1) is 0 Å². The third-order valence-electron chi connectivity index (χ3n) is 21.8. The highest BCUT2D eigenvalue weighted by molar-refractivity contribution is 6.01. The van der Waals surface area contributed by atoms with Gasteiger partial charge in [-0.2, -0.15) is 0 Å². The van der Waals surface area contributed by atoms with Gasteiger partial charge in [-0.1, -0.05) is 100 Å². The van der Waals surface area contributed by atoms with Gasteiger partial charge in [0, 0.05) is 134 Å². The van der Waals surface area contributed by atoms with E-state index in [9.17, 15) is 24.0 Å². The second-order valence-electron chi connectivity index (χ2n) is 33.2. The number of nitrogens with one attached hydrogen (secondary N) is 25. The Morgan fingerprint density at radius 3 is 0.687 bits per heavy atom. The number of guanidine groups is 5. The topological polar surface area (TPSA) is 736 Å². The minimum atomic E-state index is -1.58. The van der Waals surface area contributed by atoms with Crippen LogP contribution in [0.5, 0.6) is 0 Å². The van der Waals surface area contributed by atoms with Gasteiger partial charge in [-0.05, 0) is 135 Å². The summed E-state index contributed by atoms with van der Waals surface area (Å²) in [4.78, 5) is 190. The maximum absolute atomic E-state index is 15.6. The molecule has 0 aliphatic rings. The van der Waals surface area contributed by atoms with E-state index in [0.717, 1.165) is 21.8 Å². The zero-order valence-corrected chi connectivity index (χ0v) is 74.3. The number of hydrogen-bond acceptors (Lipinski definition) is 17. The van der Waals surface area contributed by atoms with Gasteiger partial charge in [-0.3, -0.25) is 84.6 Å². The van der Waals surface area contributed by atoms with Crippen molar-refractivity contribution >= 4 is 144 Å². The maximum Gasteiger partial charge on any atom is 0.243 e. The lowest BCUT2D eigenvalue weighted by atomic mass is 9.99. The maximum atomic E-state index is 15.6. The van der Waals surface area contributed by atoms with Crippen LogP contribution in [0.2, 0.25) is 0 Å². The van der Waals surface area contributed by atoms with E-state index in [1.807, 2.05) is 48.5 Å². The molecule has 8 aromatic rings. The quantitative estimate of drug-likeness (QED) is 0.0125. The van der Waals surface area contributed by atoms with Crippen molar-refractivity contribution in [3.63, 3.8) is 0 Å². The predicted octanol–water partition coefficient (Wildman–Crippen LogP) is -0.871. The molecule has 0 aliphatic heterocycles. The van der Waals surface area contributed by atoms with Gasteiger partial charge in [0.1, 0.15) is 66.5 Å². The summed E-state index contributed by atoms with van der Waals surface area (Å²) in [5, 5.41) is 85.7. The lowest BCUT2D eigenvalue weighted by Gasteiger charge is -2.29. The van der Waals surface area contributed by atoms with Crippen LogP contribution < -0.4 is 119 Å². The van der Waals surface area contributed by atoms with Crippen LogP contribution in [0.1, 0.15) is 134 Å². The van der Waals surface area contributed by atoms with Crippen molar-refractivity contribution in [3.05, 3.63) is 144 Å². The van der Waals surface area contributed by atoms with Crippen molar-refractivity contribution in [1.29, 1.82) is 27.0 Å². The van der Waals surface area contributed by atoms with E-state index in [-0.39, 0.29) is 159 Å². The molecule has 0 radical (unpaired) electrons. The van der Waals surface area contributed by atoms with Crippen LogP contribution in [0, 0.1) is 38.9 Å². The van der Waals surface area contributed by atoms with Crippen LogP contribution in [0.25, 0.3) is 43.6 Å². The zero-order chi connectivity index (χ0) is 95.4. The van der Waals surface area contributed by atoms with Crippen LogP contribution in [-0.2, 0) is 83.2 Å². The smallest absolute Gasteiger partial charge is 0.243 e. The van der Waals surface area contributed by atoms with Crippen molar-refractivity contribution in [2.24, 2.45) is 46.2 Å². The standard InChI is InChI=1S/C88H127N31O12/c1-47(2)37-67(114-81(129)70(40-51-44-106-59-24-11-7-20-55(51)59)116-74(122)63(109-49(5)120)28-15-33-101-85(92)93)78(126)112-64(29-16-34-102-86(94)95)75(123)111-65(30-17-35-103-87(96)97)76(124)117-71(41-52-45-107-60-25-12-8-21-56(52)60)82(130)115-68(38-48(3)4)79(127)113-66(31-18-36-104-88(98)99)77(125)118-72(42-53-46-108-61-26-13-9-22-57(53)61)83(131)119-69(39-50-43-105-58-23-10-6-19-54(50)58)80(128)110-62(73(89)121)27-14-32-100-84(90)91/h6-13,19-26,43-48,62-72,105-108H,14-18,27-42H2,1-5H3,(H2,89,121)(H,109,120)(H,110,128)(H,111,123)(H,112,126)(H,113,127)(H,114,129)(H,115,130)(H,116,122)(H,117,124)(H,118,125)(H,119,131)(H4,90,91,100)(H4,92,93,101)(H4,94,95,102)(H4,96,97,103)(H4,98,99,104)/t62-,63-,64-,65-,66-,67-,68-,69-,70-,71-,72-/m0/s1. The second-order valence-corrected chi connectivity index (χ2v) is 33.2. The van der Waals surface area contributed by atoms with Crippen molar-refractivity contribution in [3.8, 4) is 0 Å². The van der Waals surface area contributed by atoms with Gasteiger partial charge >= 0.3 is 0 Å². The van der Waals surface area contributed by atoms with Crippen LogP contribution in [0.3, 0.4) is 0 Å². The summed E-state index contributed by atoms with van der Waals surface area (Å²) in [6, 6.07) is 13.1. The van der Waals surface area contributed by atoms with Crippen molar-refractivity contribution < 1.29 is 57.5 Å². The van der Waals surface area contributed by atoms with Gasteiger partial charge in [0.05, 0.1) is 0 Å². The van der Waals surface area contributed by atoms with E-state index in [1.54, 1.807) is 101 Å². The molecular formula is C88H127N31O12. The summed E-state index contributed by atoms with van der Waals surface area (Å²) in [6.45, 7) is 8.77. The molecule has 4 heterocycles. The molecule has 43 heteroatoms. The molecule has 12 amide bonds. The van der Waals surface area contributed by atoms with Gasteiger partial charge in [0.25, 0.3) is 0 Å². The fourth-order valence-corrected chi connectivity index (χ4v) is 15.3. The van der Waals surface area contributed by atoms with E-state index >= 15 is 33.6 Å². The molecule has 706 valence electrons. The lowest BCUT2D eigenvalue weighted by Crippen LogP contribution is -2.61. The summed E-state index contributed by atoms with van der Waals surface area (Å²) in [5.41, 5.74) is 39.0. The monoisotopic (exact) mass is 1810 g/mol. The Kier molecular flexibility index (Phi) is 39.1. The largest absolute Gasteiger partial charge is 0.370 e. The Morgan fingerprint density at radius 2 is 0.466 bits per heavy atom. The fraction of sp³-hybridized carbons (Fsp3) is 0.443. The SMILES string of the molecule is CC(=O)N[C@@H](CCCNC(=N)N)C(=O)N[C@@H](Cc1c[nH]c2ccccc12)C(=O)N[C@@H](CC(C)C)C(=O)N[C@@H](CCCNC(=N)N)C(=O)N[C@@H](CCCNC(=N)N)C(=O)N[C@@H](Cc1c[nH]c2ccccc12)C(=O)N[C@@H](CC(C)C)C(=O)N[C@@H](CCCNC(=N)N)C(=O)N[C@@H](Cc1c[nH]c2ccccc12)C(=O)N[C@@H](Cc1c[nH]c2ccccc12)C(=O)N[C@@H](CCCNC(=N)N)C(N)=O. The molecule has 131 heavy (non-hydrogen) atoms. The molecule has 0 saturated heterocycles. The molecule has 37 N–H and O–H groups in total. The number of aromatic amines is 4. The predicted molar refractivity (Wildman–Crippen MR) is 499 cm³/mol. The number of rotatable bonds is 54. The Morgan fingerprint density at radius 1 is 0.275 bits per heavy atom. The van der Waals surface area contributed by atoms with E-state index < -0.39 is 155 Å².